The first-order chi connectivity index (χ1) is 20.6. The minimum Gasteiger partial charge on any atom is -0.206 e. The van der Waals surface area contributed by atoms with E-state index in [1.165, 1.54) is 46.9 Å². The van der Waals surface area contributed by atoms with Gasteiger partial charge in [0.05, 0.1) is 5.56 Å². The second-order valence-electron chi connectivity index (χ2n) is 11.4. The van der Waals surface area contributed by atoms with E-state index >= 15 is 4.39 Å². The first-order valence-corrected chi connectivity index (χ1v) is 15.6. The normalized spacial score (nSPS) is 11.0. The monoisotopic (exact) mass is 552 g/mol. The van der Waals surface area contributed by atoms with Crippen molar-refractivity contribution in [1.82, 2.24) is 0 Å². The standard InChI is InChI=1S/C41H41F/c1-4-7-9-31-16-21-36(22-17-31)39-28-35(6-3)40(41(42)29-39)25-20-34-19-24-37-26-33(18-23-38(37)27-34)15-14-32-12-10-30(8-5-2)11-13-32/h10-13,16-19,21-24,26-29H,4-9,14-15H2,1-3H3. The van der Waals surface area contributed by atoms with Crippen LogP contribution in [0.5, 0.6) is 0 Å². The third-order valence-electron chi connectivity index (χ3n) is 8.16. The van der Waals surface area contributed by atoms with Gasteiger partial charge in [-0.3, -0.25) is 0 Å². The number of unbranched alkanes of at least 4 members (excludes halogenated alkanes) is 1. The van der Waals surface area contributed by atoms with Gasteiger partial charge >= 0.3 is 0 Å². The molecule has 0 N–H and O–H groups in total. The Bertz CT molecular complexity index is 1700. The highest BCUT2D eigenvalue weighted by Crippen LogP contribution is 2.26. The summed E-state index contributed by atoms with van der Waals surface area (Å²) < 4.78 is 15.4. The molecular weight excluding hydrogens is 511 g/mol. The summed E-state index contributed by atoms with van der Waals surface area (Å²) >= 11 is 0. The topological polar surface area (TPSA) is 0 Å². The van der Waals surface area contributed by atoms with Gasteiger partial charge in [0, 0.05) is 5.56 Å². The highest BCUT2D eigenvalue weighted by atomic mass is 19.1. The van der Waals surface area contributed by atoms with Crippen LogP contribution in [0, 0.1) is 17.7 Å². The minimum absolute atomic E-state index is 0.252. The fourth-order valence-electron chi connectivity index (χ4n) is 5.61. The minimum atomic E-state index is -0.252. The van der Waals surface area contributed by atoms with Crippen LogP contribution in [-0.4, -0.2) is 0 Å². The molecule has 0 aromatic heterocycles. The van der Waals surface area contributed by atoms with Crippen LogP contribution in [0.25, 0.3) is 21.9 Å². The molecule has 0 aliphatic rings. The Morgan fingerprint density at radius 2 is 1.14 bits per heavy atom. The number of halogens is 1. The lowest BCUT2D eigenvalue weighted by atomic mass is 9.96. The first kappa shape index (κ1) is 29.3. The third-order valence-corrected chi connectivity index (χ3v) is 8.16. The maximum absolute atomic E-state index is 15.4. The molecule has 0 unspecified atom stereocenters. The molecule has 0 heterocycles. The molecule has 0 fully saturated rings. The molecule has 0 saturated heterocycles. The lowest BCUT2D eigenvalue weighted by Crippen LogP contribution is -1.95. The fraction of sp³-hybridized carbons (Fsp3) is 0.268. The van der Waals surface area contributed by atoms with E-state index in [2.05, 4.69) is 118 Å². The van der Waals surface area contributed by atoms with Gasteiger partial charge < -0.3 is 0 Å². The van der Waals surface area contributed by atoms with Crippen molar-refractivity contribution in [3.8, 4) is 23.0 Å². The summed E-state index contributed by atoms with van der Waals surface area (Å²) in [6.07, 6.45) is 8.57. The van der Waals surface area contributed by atoms with Crippen LogP contribution < -0.4 is 0 Å². The molecule has 212 valence electrons. The van der Waals surface area contributed by atoms with E-state index < -0.39 is 0 Å². The van der Waals surface area contributed by atoms with Crippen LogP contribution >= 0.6 is 0 Å². The molecule has 0 spiro atoms. The molecule has 5 aromatic rings. The molecular formula is C41H41F. The second-order valence-corrected chi connectivity index (χ2v) is 11.4. The molecule has 0 saturated carbocycles. The van der Waals surface area contributed by atoms with Crippen LogP contribution in [0.2, 0.25) is 0 Å². The van der Waals surface area contributed by atoms with Crippen molar-refractivity contribution in [3.05, 3.63) is 142 Å². The zero-order chi connectivity index (χ0) is 29.3. The smallest absolute Gasteiger partial charge is 0.139 e. The van der Waals surface area contributed by atoms with Crippen LogP contribution in [0.15, 0.2) is 97.1 Å². The molecule has 5 aromatic carbocycles. The summed E-state index contributed by atoms with van der Waals surface area (Å²) in [5, 5.41) is 2.37. The number of benzene rings is 5. The molecule has 0 nitrogen and oxygen atoms in total. The Morgan fingerprint density at radius 1 is 0.524 bits per heavy atom. The summed E-state index contributed by atoms with van der Waals surface area (Å²) in [6.45, 7) is 6.49. The molecule has 5 rings (SSSR count). The van der Waals surface area contributed by atoms with E-state index in [9.17, 15) is 0 Å². The fourth-order valence-corrected chi connectivity index (χ4v) is 5.61. The lowest BCUT2D eigenvalue weighted by molar-refractivity contribution is 0.622. The van der Waals surface area contributed by atoms with Crippen molar-refractivity contribution in [1.29, 1.82) is 0 Å². The first-order valence-electron chi connectivity index (χ1n) is 15.6. The van der Waals surface area contributed by atoms with Crippen LogP contribution in [-0.2, 0) is 32.1 Å². The lowest BCUT2D eigenvalue weighted by Gasteiger charge is -2.09. The van der Waals surface area contributed by atoms with Gasteiger partial charge in [-0.2, -0.15) is 0 Å². The van der Waals surface area contributed by atoms with Gasteiger partial charge in [-0.25, -0.2) is 4.39 Å². The predicted octanol–water partition coefficient (Wildman–Crippen LogP) is 10.7. The van der Waals surface area contributed by atoms with E-state index in [0.717, 1.165) is 59.7 Å². The van der Waals surface area contributed by atoms with Gasteiger partial charge in [0.2, 0.25) is 0 Å². The number of hydrogen-bond donors (Lipinski definition) is 0. The van der Waals surface area contributed by atoms with Crippen LogP contribution in [0.1, 0.15) is 79.0 Å². The molecule has 0 aliphatic heterocycles. The molecule has 0 atom stereocenters. The number of fused-ring (bicyclic) bond motifs is 1. The Balaban J connectivity index is 1.30. The Morgan fingerprint density at radius 3 is 1.86 bits per heavy atom. The van der Waals surface area contributed by atoms with E-state index in [0.29, 0.717) is 5.56 Å². The molecule has 42 heavy (non-hydrogen) atoms. The predicted molar refractivity (Wildman–Crippen MR) is 178 cm³/mol. The van der Waals surface area contributed by atoms with E-state index in [4.69, 9.17) is 0 Å². The van der Waals surface area contributed by atoms with Crippen molar-refractivity contribution < 1.29 is 4.39 Å². The Labute approximate surface area is 251 Å². The molecule has 1 heteroatoms. The maximum atomic E-state index is 15.4. The third kappa shape index (κ3) is 7.37. The Hall–Kier alpha value is -4.15. The largest absolute Gasteiger partial charge is 0.206 e. The number of hydrogen-bond acceptors (Lipinski definition) is 0. The van der Waals surface area contributed by atoms with Crippen molar-refractivity contribution in [2.24, 2.45) is 0 Å². The second kappa shape index (κ2) is 14.2. The molecule has 0 bridgehead atoms. The highest BCUT2D eigenvalue weighted by Gasteiger charge is 2.10. The highest BCUT2D eigenvalue weighted by molar-refractivity contribution is 5.84. The molecule has 0 aliphatic carbocycles. The van der Waals surface area contributed by atoms with Crippen molar-refractivity contribution >= 4 is 10.8 Å². The SMILES string of the molecule is CCCCc1ccc(-c2cc(F)c(C#Cc3ccc4cc(CCc5ccc(CCC)cc5)ccc4c3)c(CC)c2)cc1. The van der Waals surface area contributed by atoms with Crippen molar-refractivity contribution in [2.75, 3.05) is 0 Å². The van der Waals surface area contributed by atoms with Gasteiger partial charge in [-0.1, -0.05) is 118 Å². The average molecular weight is 553 g/mol. The van der Waals surface area contributed by atoms with Gasteiger partial charge in [0.25, 0.3) is 0 Å². The summed E-state index contributed by atoms with van der Waals surface area (Å²) in [5.74, 6) is 6.15. The van der Waals surface area contributed by atoms with E-state index in [1.807, 2.05) is 6.07 Å². The van der Waals surface area contributed by atoms with Gasteiger partial charge in [-0.05, 0) is 113 Å². The summed E-state index contributed by atoms with van der Waals surface area (Å²) in [7, 11) is 0. The molecule has 0 amide bonds. The maximum Gasteiger partial charge on any atom is 0.139 e. The zero-order valence-electron chi connectivity index (χ0n) is 25.3. The van der Waals surface area contributed by atoms with E-state index in [1.54, 1.807) is 6.07 Å². The zero-order valence-corrected chi connectivity index (χ0v) is 25.3. The van der Waals surface area contributed by atoms with Gasteiger partial charge in [-0.15, -0.1) is 0 Å². The Kier molecular flexibility index (Phi) is 9.89. The molecule has 0 radical (unpaired) electrons. The summed E-state index contributed by atoms with van der Waals surface area (Å²) in [6, 6.07) is 34.3. The average Bonchev–Trinajstić information content (AvgIpc) is 3.02. The number of rotatable bonds is 10. The van der Waals surface area contributed by atoms with Gasteiger partial charge in [0.15, 0.2) is 0 Å². The summed E-state index contributed by atoms with van der Waals surface area (Å²) in [5.41, 5.74) is 9.76. The van der Waals surface area contributed by atoms with Crippen LogP contribution in [0.4, 0.5) is 4.39 Å². The van der Waals surface area contributed by atoms with Crippen LogP contribution in [0.3, 0.4) is 0 Å². The summed E-state index contributed by atoms with van der Waals surface area (Å²) in [4.78, 5) is 0. The number of aryl methyl sites for hydroxylation is 5. The van der Waals surface area contributed by atoms with E-state index in [-0.39, 0.29) is 5.82 Å². The van der Waals surface area contributed by atoms with Crippen molar-refractivity contribution in [2.45, 2.75) is 72.1 Å². The quantitative estimate of drug-likeness (QED) is 0.151. The van der Waals surface area contributed by atoms with Crippen molar-refractivity contribution in [3.63, 3.8) is 0 Å². The van der Waals surface area contributed by atoms with Gasteiger partial charge in [0.1, 0.15) is 5.82 Å².